The fraction of sp³-hybridized carbons (Fsp3) is 1.00. The highest BCUT2D eigenvalue weighted by Gasteiger charge is 2.35. The molecule has 1 unspecified atom stereocenters. The summed E-state index contributed by atoms with van der Waals surface area (Å²) >= 11 is 0. The van der Waals surface area contributed by atoms with E-state index < -0.39 is 30.6 Å². The van der Waals surface area contributed by atoms with E-state index in [2.05, 4.69) is 5.32 Å². The van der Waals surface area contributed by atoms with E-state index in [9.17, 15) is 15.3 Å². The Morgan fingerprint density at radius 1 is 1.35 bits per heavy atom. The van der Waals surface area contributed by atoms with E-state index in [1.165, 1.54) is 0 Å². The summed E-state index contributed by atoms with van der Waals surface area (Å²) in [7, 11) is 0. The van der Waals surface area contributed by atoms with Gasteiger partial charge in [-0.05, 0) is 19.4 Å². The molecule has 0 aromatic rings. The molecule has 0 amide bonds. The average molecular weight is 249 g/mol. The summed E-state index contributed by atoms with van der Waals surface area (Å²) in [5, 5.41) is 31.8. The minimum absolute atomic E-state index is 0.167. The molecule has 1 fully saturated rings. The molecule has 1 rings (SSSR count). The maximum absolute atomic E-state index is 9.69. The minimum atomic E-state index is -1.02. The first-order valence-corrected chi connectivity index (χ1v) is 5.91. The van der Waals surface area contributed by atoms with Crippen molar-refractivity contribution in [2.24, 2.45) is 11.5 Å². The first kappa shape index (κ1) is 14.8. The van der Waals surface area contributed by atoms with Gasteiger partial charge >= 0.3 is 0 Å². The molecule has 0 aromatic heterocycles. The second-order valence-corrected chi connectivity index (χ2v) is 4.35. The van der Waals surface area contributed by atoms with Crippen LogP contribution < -0.4 is 16.8 Å². The fourth-order valence-corrected chi connectivity index (χ4v) is 1.87. The molecule has 0 aliphatic carbocycles. The molecule has 0 aromatic carbocycles. The van der Waals surface area contributed by atoms with Gasteiger partial charge < -0.3 is 36.8 Å². The Bertz CT molecular complexity index is 220. The van der Waals surface area contributed by atoms with Gasteiger partial charge in [0.05, 0.1) is 24.4 Å². The Hall–Kier alpha value is -0.280. The first-order chi connectivity index (χ1) is 8.08. The van der Waals surface area contributed by atoms with Crippen molar-refractivity contribution in [3.63, 3.8) is 0 Å². The summed E-state index contributed by atoms with van der Waals surface area (Å²) in [4.78, 5) is 0. The summed E-state index contributed by atoms with van der Waals surface area (Å²) < 4.78 is 5.16. The first-order valence-electron chi connectivity index (χ1n) is 5.91. The van der Waals surface area contributed by atoms with E-state index in [0.29, 0.717) is 25.9 Å². The van der Waals surface area contributed by atoms with Crippen molar-refractivity contribution >= 4 is 0 Å². The Kier molecular flexibility index (Phi) is 6.28. The maximum atomic E-state index is 9.69. The molecule has 7 heteroatoms. The Morgan fingerprint density at radius 3 is 2.65 bits per heavy atom. The summed E-state index contributed by atoms with van der Waals surface area (Å²) in [6.07, 6.45) is -1.97. The van der Waals surface area contributed by atoms with Crippen LogP contribution >= 0.6 is 0 Å². The second-order valence-electron chi connectivity index (χ2n) is 4.35. The van der Waals surface area contributed by atoms with E-state index in [1.54, 1.807) is 0 Å². The van der Waals surface area contributed by atoms with E-state index in [4.69, 9.17) is 16.2 Å². The van der Waals surface area contributed by atoms with Crippen LogP contribution in [-0.4, -0.2) is 65.6 Å². The lowest BCUT2D eigenvalue weighted by Gasteiger charge is -2.37. The van der Waals surface area contributed by atoms with Crippen molar-refractivity contribution in [2.45, 2.75) is 43.5 Å². The van der Waals surface area contributed by atoms with Gasteiger partial charge in [-0.3, -0.25) is 0 Å². The van der Waals surface area contributed by atoms with Crippen molar-refractivity contribution in [1.82, 2.24) is 5.32 Å². The monoisotopic (exact) mass is 249 g/mol. The summed E-state index contributed by atoms with van der Waals surface area (Å²) in [5.41, 5.74) is 10.7. The molecular weight excluding hydrogens is 226 g/mol. The highest BCUT2D eigenvalue weighted by atomic mass is 16.6. The number of aliphatic hydroxyl groups excluding tert-OH is 3. The van der Waals surface area contributed by atoms with Crippen LogP contribution in [0, 0.1) is 0 Å². The highest BCUT2D eigenvalue weighted by Crippen LogP contribution is 2.18. The lowest BCUT2D eigenvalue weighted by atomic mass is 10.00. The molecule has 0 bridgehead atoms. The maximum Gasteiger partial charge on any atom is 0.170 e. The molecule has 0 saturated carbocycles. The molecule has 0 radical (unpaired) electrons. The third kappa shape index (κ3) is 4.47. The molecule has 7 nitrogen and oxygen atoms in total. The van der Waals surface area contributed by atoms with Crippen LogP contribution in [0.25, 0.3) is 0 Å². The van der Waals surface area contributed by atoms with Crippen molar-refractivity contribution in [2.75, 3.05) is 19.6 Å². The van der Waals surface area contributed by atoms with Crippen molar-refractivity contribution < 1.29 is 20.1 Å². The van der Waals surface area contributed by atoms with Gasteiger partial charge in [0, 0.05) is 13.1 Å². The van der Waals surface area contributed by atoms with Crippen molar-refractivity contribution in [3.05, 3.63) is 0 Å². The predicted molar refractivity (Wildman–Crippen MR) is 62.0 cm³/mol. The second kappa shape index (κ2) is 7.22. The summed E-state index contributed by atoms with van der Waals surface area (Å²) in [6.45, 7) is 0.882. The quantitative estimate of drug-likeness (QED) is 0.297. The number of aliphatic hydroxyl groups is 3. The van der Waals surface area contributed by atoms with Gasteiger partial charge in [0.15, 0.2) is 6.29 Å². The van der Waals surface area contributed by atoms with Gasteiger partial charge in [0.2, 0.25) is 0 Å². The number of nitrogens with two attached hydrogens (primary N) is 2. The molecule has 1 aliphatic rings. The fourth-order valence-electron chi connectivity index (χ4n) is 1.87. The molecule has 1 heterocycles. The van der Waals surface area contributed by atoms with E-state index in [0.717, 1.165) is 0 Å². The van der Waals surface area contributed by atoms with Gasteiger partial charge in [-0.1, -0.05) is 0 Å². The highest BCUT2D eigenvalue weighted by molar-refractivity contribution is 4.85. The van der Waals surface area contributed by atoms with Crippen LogP contribution in [0.15, 0.2) is 0 Å². The van der Waals surface area contributed by atoms with Crippen LogP contribution in [0.3, 0.4) is 0 Å². The zero-order valence-electron chi connectivity index (χ0n) is 9.83. The van der Waals surface area contributed by atoms with Crippen LogP contribution in [0.5, 0.6) is 0 Å². The van der Waals surface area contributed by atoms with E-state index >= 15 is 0 Å². The van der Waals surface area contributed by atoms with Crippen molar-refractivity contribution in [3.8, 4) is 0 Å². The summed E-state index contributed by atoms with van der Waals surface area (Å²) in [6, 6.07) is -0.403. The lowest BCUT2D eigenvalue weighted by molar-refractivity contribution is -0.210. The SMILES string of the molecule is NCCC(O)CN[C@@H]1C[C@H](O)[C@@H](CN)O[C@@H]1O. The number of hydrogen-bond donors (Lipinski definition) is 6. The number of nitrogens with one attached hydrogen (secondary N) is 1. The zero-order chi connectivity index (χ0) is 12.8. The van der Waals surface area contributed by atoms with Crippen LogP contribution in [0.1, 0.15) is 12.8 Å². The van der Waals surface area contributed by atoms with E-state index in [-0.39, 0.29) is 6.54 Å². The van der Waals surface area contributed by atoms with Gasteiger partial charge in [-0.15, -0.1) is 0 Å². The minimum Gasteiger partial charge on any atom is -0.392 e. The van der Waals surface area contributed by atoms with Gasteiger partial charge in [-0.2, -0.15) is 0 Å². The molecule has 0 spiro atoms. The van der Waals surface area contributed by atoms with Gasteiger partial charge in [-0.25, -0.2) is 0 Å². The molecule has 5 atom stereocenters. The molecular formula is C10H23N3O4. The van der Waals surface area contributed by atoms with Gasteiger partial charge in [0.25, 0.3) is 0 Å². The Morgan fingerprint density at radius 2 is 2.06 bits per heavy atom. The molecule has 1 aliphatic heterocycles. The summed E-state index contributed by atoms with van der Waals surface area (Å²) in [5.74, 6) is 0. The third-order valence-corrected chi connectivity index (χ3v) is 2.93. The normalized spacial score (nSPS) is 35.8. The molecule has 8 N–H and O–H groups in total. The molecule has 102 valence electrons. The van der Waals surface area contributed by atoms with E-state index in [1.807, 2.05) is 0 Å². The standard InChI is InChI=1S/C10H23N3O4/c11-2-1-6(14)5-13-7-3-8(15)9(4-12)17-10(7)16/h6-10,13-16H,1-5,11-12H2/t6?,7-,8+,9-,10+/m1/s1. The van der Waals surface area contributed by atoms with Crippen molar-refractivity contribution in [1.29, 1.82) is 0 Å². The van der Waals surface area contributed by atoms with Crippen LogP contribution in [-0.2, 0) is 4.74 Å². The lowest BCUT2D eigenvalue weighted by Crippen LogP contribution is -2.56. The number of ether oxygens (including phenoxy) is 1. The Balaban J connectivity index is 2.34. The van der Waals surface area contributed by atoms with Gasteiger partial charge in [0.1, 0.15) is 0 Å². The average Bonchev–Trinajstić information content (AvgIpc) is 2.30. The smallest absolute Gasteiger partial charge is 0.170 e. The molecule has 1 saturated heterocycles. The molecule has 17 heavy (non-hydrogen) atoms. The third-order valence-electron chi connectivity index (χ3n) is 2.93. The zero-order valence-corrected chi connectivity index (χ0v) is 9.83. The number of rotatable bonds is 6. The van der Waals surface area contributed by atoms with Crippen LogP contribution in [0.4, 0.5) is 0 Å². The Labute approximate surface area is 101 Å². The number of hydrogen-bond acceptors (Lipinski definition) is 7. The predicted octanol–water partition coefficient (Wildman–Crippen LogP) is -2.92. The topological polar surface area (TPSA) is 134 Å². The largest absolute Gasteiger partial charge is 0.392 e. The van der Waals surface area contributed by atoms with Crippen LogP contribution in [0.2, 0.25) is 0 Å².